The fourth-order valence-corrected chi connectivity index (χ4v) is 1.96. The number of allylic oxidation sites excluding steroid dienone is 1. The second-order valence-electron chi connectivity index (χ2n) is 4.57. The molecule has 4 N–H and O–H groups in total. The van der Waals surface area contributed by atoms with Gasteiger partial charge in [-0.25, -0.2) is 0 Å². The number of nitrogens with two attached hydrogens (primary N) is 2. The van der Waals surface area contributed by atoms with Gasteiger partial charge in [0.1, 0.15) is 0 Å². The highest BCUT2D eigenvalue weighted by Gasteiger charge is 2.21. The number of hydrogen-bond acceptors (Lipinski definition) is 4. The Morgan fingerprint density at radius 2 is 1.87 bits per heavy atom. The van der Waals surface area contributed by atoms with Crippen LogP contribution in [0.15, 0.2) is 23.9 Å². The van der Waals surface area contributed by atoms with Crippen LogP contribution >= 0.6 is 0 Å². The molecule has 0 amide bonds. The lowest BCUT2D eigenvalue weighted by Crippen LogP contribution is -2.49. The molecule has 0 bridgehead atoms. The minimum absolute atomic E-state index is 0.643. The first-order valence-corrected chi connectivity index (χ1v) is 5.47. The molecule has 0 atom stereocenters. The average molecular weight is 208 g/mol. The molecule has 1 aliphatic carbocycles. The van der Waals surface area contributed by atoms with Crippen LogP contribution in [0.5, 0.6) is 0 Å². The summed E-state index contributed by atoms with van der Waals surface area (Å²) in [6, 6.07) is 0. The molecule has 2 aliphatic rings. The molecule has 0 saturated carbocycles. The normalized spacial score (nSPS) is 26.6. The van der Waals surface area contributed by atoms with Crippen molar-refractivity contribution in [3.63, 3.8) is 0 Å². The Kier molecular flexibility index (Phi) is 2.82. The summed E-state index contributed by atoms with van der Waals surface area (Å²) in [6.07, 6.45) is 6.83. The predicted molar refractivity (Wildman–Crippen MR) is 62.0 cm³/mol. The summed E-state index contributed by atoms with van der Waals surface area (Å²) in [6.45, 7) is 4.44. The smallest absolute Gasteiger partial charge is 0.0868 e. The van der Waals surface area contributed by atoms with E-state index in [0.29, 0.717) is 0 Å². The molecule has 15 heavy (non-hydrogen) atoms. The van der Waals surface area contributed by atoms with E-state index in [4.69, 9.17) is 11.5 Å². The highest BCUT2D eigenvalue weighted by Crippen LogP contribution is 2.18. The molecule has 1 fully saturated rings. The Morgan fingerprint density at radius 3 is 2.40 bits per heavy atom. The van der Waals surface area contributed by atoms with Crippen molar-refractivity contribution in [2.75, 3.05) is 33.2 Å². The summed E-state index contributed by atoms with van der Waals surface area (Å²) >= 11 is 0. The van der Waals surface area contributed by atoms with Crippen LogP contribution in [0.1, 0.15) is 6.42 Å². The molecule has 1 saturated heterocycles. The number of nitrogens with zero attached hydrogens (tertiary/aromatic N) is 2. The largest absolute Gasteiger partial charge is 0.369 e. The van der Waals surface area contributed by atoms with Crippen LogP contribution in [0, 0.1) is 0 Å². The molecule has 1 heterocycles. The van der Waals surface area contributed by atoms with Crippen molar-refractivity contribution >= 4 is 0 Å². The fraction of sp³-hybridized carbons (Fsp3) is 0.636. The van der Waals surface area contributed by atoms with E-state index in [2.05, 4.69) is 29.0 Å². The summed E-state index contributed by atoms with van der Waals surface area (Å²) in [5.74, 6) is 0. The first kappa shape index (κ1) is 10.7. The lowest BCUT2D eigenvalue weighted by Gasteiger charge is -2.36. The molecule has 4 nitrogen and oxygen atoms in total. The second kappa shape index (κ2) is 3.96. The van der Waals surface area contributed by atoms with Gasteiger partial charge in [-0.15, -0.1) is 0 Å². The van der Waals surface area contributed by atoms with Gasteiger partial charge in [0.25, 0.3) is 0 Å². The van der Waals surface area contributed by atoms with E-state index in [-0.39, 0.29) is 0 Å². The van der Waals surface area contributed by atoms with Crippen molar-refractivity contribution in [3.8, 4) is 0 Å². The van der Waals surface area contributed by atoms with E-state index in [0.717, 1.165) is 32.6 Å². The Labute approximate surface area is 91.2 Å². The van der Waals surface area contributed by atoms with Crippen molar-refractivity contribution < 1.29 is 0 Å². The quantitative estimate of drug-likeness (QED) is 0.580. The van der Waals surface area contributed by atoms with E-state index < -0.39 is 5.66 Å². The van der Waals surface area contributed by atoms with Crippen LogP contribution < -0.4 is 11.5 Å². The lowest BCUT2D eigenvalue weighted by molar-refractivity contribution is 0.189. The summed E-state index contributed by atoms with van der Waals surface area (Å²) in [5, 5.41) is 0. The molecule has 0 aromatic rings. The fourth-order valence-electron chi connectivity index (χ4n) is 1.96. The standard InChI is InChI=1S/C11H20N4/c1-14-6-8-15(9-7-14)10-2-4-11(12,13)5-3-10/h2-4H,5-9,12-13H2,1H3. The molecule has 0 aromatic heterocycles. The van der Waals surface area contributed by atoms with Crippen molar-refractivity contribution in [3.05, 3.63) is 23.9 Å². The minimum atomic E-state index is -0.643. The summed E-state index contributed by atoms with van der Waals surface area (Å²) in [4.78, 5) is 4.74. The average Bonchev–Trinajstić information content (AvgIpc) is 2.20. The van der Waals surface area contributed by atoms with E-state index in [9.17, 15) is 0 Å². The van der Waals surface area contributed by atoms with Crippen molar-refractivity contribution in [2.24, 2.45) is 11.5 Å². The highest BCUT2D eigenvalue weighted by molar-refractivity contribution is 5.27. The topological polar surface area (TPSA) is 58.5 Å². The highest BCUT2D eigenvalue weighted by atomic mass is 15.2. The molecule has 2 rings (SSSR count). The van der Waals surface area contributed by atoms with Crippen LogP contribution in [-0.4, -0.2) is 48.7 Å². The Morgan fingerprint density at radius 1 is 1.20 bits per heavy atom. The lowest BCUT2D eigenvalue weighted by atomic mass is 10.0. The van der Waals surface area contributed by atoms with Gasteiger partial charge < -0.3 is 21.3 Å². The SMILES string of the molecule is CN1CCN(C2=CCC(N)(N)C=C2)CC1. The maximum absolute atomic E-state index is 5.81. The third-order valence-corrected chi connectivity index (χ3v) is 3.10. The van der Waals surface area contributed by atoms with Gasteiger partial charge in [-0.3, -0.25) is 0 Å². The van der Waals surface area contributed by atoms with Gasteiger partial charge in [-0.05, 0) is 19.2 Å². The zero-order chi connectivity index (χ0) is 10.9. The van der Waals surface area contributed by atoms with Gasteiger partial charge in [0, 0.05) is 38.3 Å². The predicted octanol–water partition coefficient (Wildman–Crippen LogP) is -0.309. The molecule has 0 spiro atoms. The summed E-state index contributed by atoms with van der Waals surface area (Å²) in [7, 11) is 2.16. The number of piperazine rings is 1. The van der Waals surface area contributed by atoms with E-state index >= 15 is 0 Å². The van der Waals surface area contributed by atoms with Crippen molar-refractivity contribution in [1.29, 1.82) is 0 Å². The second-order valence-corrected chi connectivity index (χ2v) is 4.57. The monoisotopic (exact) mass is 208 g/mol. The molecule has 1 aliphatic heterocycles. The van der Waals surface area contributed by atoms with Gasteiger partial charge in [0.15, 0.2) is 0 Å². The van der Waals surface area contributed by atoms with Crippen LogP contribution in [-0.2, 0) is 0 Å². The van der Waals surface area contributed by atoms with Crippen LogP contribution in [0.25, 0.3) is 0 Å². The van der Waals surface area contributed by atoms with Gasteiger partial charge in [-0.1, -0.05) is 6.08 Å². The zero-order valence-corrected chi connectivity index (χ0v) is 9.32. The minimum Gasteiger partial charge on any atom is -0.369 e. The first-order valence-electron chi connectivity index (χ1n) is 5.47. The van der Waals surface area contributed by atoms with Crippen LogP contribution in [0.3, 0.4) is 0 Å². The Hall–Kier alpha value is -0.840. The number of rotatable bonds is 1. The third kappa shape index (κ3) is 2.59. The van der Waals surface area contributed by atoms with E-state index in [1.165, 1.54) is 5.70 Å². The zero-order valence-electron chi connectivity index (χ0n) is 9.32. The van der Waals surface area contributed by atoms with Gasteiger partial charge >= 0.3 is 0 Å². The molecule has 0 radical (unpaired) electrons. The van der Waals surface area contributed by atoms with Gasteiger partial charge in [-0.2, -0.15) is 0 Å². The molecule has 4 heteroatoms. The Bertz CT molecular complexity index is 285. The third-order valence-electron chi connectivity index (χ3n) is 3.10. The first-order chi connectivity index (χ1) is 7.07. The van der Waals surface area contributed by atoms with Gasteiger partial charge in [0.2, 0.25) is 0 Å². The molecular weight excluding hydrogens is 188 g/mol. The molecular formula is C11H20N4. The summed E-state index contributed by atoms with van der Waals surface area (Å²) in [5.41, 5.74) is 12.3. The number of hydrogen-bond donors (Lipinski definition) is 2. The Balaban J connectivity index is 1.96. The maximum Gasteiger partial charge on any atom is 0.0868 e. The summed E-state index contributed by atoms with van der Waals surface area (Å²) < 4.78 is 0. The van der Waals surface area contributed by atoms with Crippen LogP contribution in [0.4, 0.5) is 0 Å². The molecule has 0 unspecified atom stereocenters. The van der Waals surface area contributed by atoms with E-state index in [1.54, 1.807) is 0 Å². The van der Waals surface area contributed by atoms with Crippen molar-refractivity contribution in [1.82, 2.24) is 9.80 Å². The van der Waals surface area contributed by atoms with Crippen molar-refractivity contribution in [2.45, 2.75) is 12.1 Å². The van der Waals surface area contributed by atoms with E-state index in [1.807, 2.05) is 6.08 Å². The molecule has 84 valence electrons. The van der Waals surface area contributed by atoms with Gasteiger partial charge in [0.05, 0.1) is 5.66 Å². The maximum atomic E-state index is 5.81. The number of likely N-dealkylation sites (N-methyl/N-ethyl adjacent to an activating group) is 1. The van der Waals surface area contributed by atoms with Crippen LogP contribution in [0.2, 0.25) is 0 Å². The molecule has 0 aromatic carbocycles.